The van der Waals surface area contributed by atoms with Gasteiger partial charge >= 0.3 is 0 Å². The van der Waals surface area contributed by atoms with Gasteiger partial charge in [-0.1, -0.05) is 59.2 Å². The fourth-order valence-electron chi connectivity index (χ4n) is 6.73. The molecule has 1 aliphatic carbocycles. The van der Waals surface area contributed by atoms with Crippen LogP contribution in [0.1, 0.15) is 79.2 Å². The molecule has 2 heterocycles. The van der Waals surface area contributed by atoms with Gasteiger partial charge in [0.15, 0.2) is 5.72 Å². The van der Waals surface area contributed by atoms with E-state index in [2.05, 4.69) is 41.5 Å². The molecule has 1 aromatic rings. The molecule has 3 aliphatic rings. The number of fused-ring (bicyclic) bond motifs is 1. The van der Waals surface area contributed by atoms with Crippen LogP contribution in [0.15, 0.2) is 29.2 Å². The largest absolute Gasteiger partial charge is 0.406 e. The Morgan fingerprint density at radius 3 is 2.03 bits per heavy atom. The highest BCUT2D eigenvalue weighted by atomic mass is 32.2. The van der Waals surface area contributed by atoms with E-state index in [0.717, 1.165) is 37.7 Å². The summed E-state index contributed by atoms with van der Waals surface area (Å²) in [6, 6.07) is 7.21. The summed E-state index contributed by atoms with van der Waals surface area (Å²) in [5.74, 6) is 0. The first-order valence-corrected chi connectivity index (χ1v) is 16.0. The van der Waals surface area contributed by atoms with E-state index >= 15 is 0 Å². The van der Waals surface area contributed by atoms with E-state index in [-0.39, 0.29) is 6.10 Å². The van der Waals surface area contributed by atoms with Crippen molar-refractivity contribution in [1.29, 1.82) is 0 Å². The molecule has 2 aliphatic heterocycles. The average molecular weight is 480 g/mol. The summed E-state index contributed by atoms with van der Waals surface area (Å²) in [6.07, 6.45) is 4.50. The molecule has 0 aromatic heterocycles. The lowest BCUT2D eigenvalue weighted by Crippen LogP contribution is -2.69. The average Bonchev–Trinajstić information content (AvgIpc) is 3.42. The summed E-state index contributed by atoms with van der Waals surface area (Å²) >= 11 is 0. The minimum atomic E-state index is -3.68. The van der Waals surface area contributed by atoms with Crippen molar-refractivity contribution in [3.8, 4) is 0 Å². The Bertz CT molecular complexity index is 917. The Morgan fingerprint density at radius 1 is 1.00 bits per heavy atom. The second-order valence-corrected chi connectivity index (χ2v) is 18.3. The molecule has 180 valence electrons. The van der Waals surface area contributed by atoms with Crippen LogP contribution in [0.25, 0.3) is 0 Å². The number of sulfonamides is 1. The topological polar surface area (TPSA) is 59.1 Å². The first-order valence-electron chi connectivity index (χ1n) is 12.4. The third-order valence-electron chi connectivity index (χ3n) is 8.40. The first-order chi connectivity index (χ1) is 14.9. The van der Waals surface area contributed by atoms with Gasteiger partial charge in [-0.2, -0.15) is 4.31 Å². The molecule has 0 unspecified atom stereocenters. The molecule has 0 amide bonds. The molecule has 0 N–H and O–H groups in total. The molecule has 1 aromatic carbocycles. The smallest absolute Gasteiger partial charge is 0.245 e. The Hall–Kier alpha value is -0.733. The van der Waals surface area contributed by atoms with Gasteiger partial charge in [-0.25, -0.2) is 8.42 Å². The molecule has 0 bridgehead atoms. The highest BCUT2D eigenvalue weighted by molar-refractivity contribution is 7.89. The van der Waals surface area contributed by atoms with Crippen LogP contribution < -0.4 is 0 Å². The SMILES string of the molecule is Cc1ccc(S(=O)(=O)N2CCC[C@H]3O[C@]32C2(O[Si](C(C)C)(C(C)C)C(C)C)CCC2)cc1. The number of ether oxygens (including phenoxy) is 1. The summed E-state index contributed by atoms with van der Waals surface area (Å²) in [5.41, 5.74) is 1.02. The number of piperidine rings is 1. The molecule has 2 atom stereocenters. The van der Waals surface area contributed by atoms with Crippen molar-refractivity contribution in [3.05, 3.63) is 29.8 Å². The molecule has 2 saturated heterocycles. The van der Waals surface area contributed by atoms with Crippen molar-refractivity contribution >= 4 is 18.3 Å². The van der Waals surface area contributed by atoms with Gasteiger partial charge in [0.1, 0.15) is 11.7 Å². The zero-order valence-corrected chi connectivity index (χ0v) is 22.7. The van der Waals surface area contributed by atoms with Crippen LogP contribution >= 0.6 is 0 Å². The van der Waals surface area contributed by atoms with Crippen molar-refractivity contribution in [1.82, 2.24) is 4.31 Å². The van der Waals surface area contributed by atoms with Crippen LogP contribution in [-0.4, -0.2) is 45.0 Å². The monoisotopic (exact) mass is 479 g/mol. The summed E-state index contributed by atoms with van der Waals surface area (Å²) in [4.78, 5) is 0.355. The summed E-state index contributed by atoms with van der Waals surface area (Å²) in [7, 11) is -5.89. The van der Waals surface area contributed by atoms with E-state index in [1.54, 1.807) is 16.4 Å². The summed E-state index contributed by atoms with van der Waals surface area (Å²) in [5, 5.41) is 0. The lowest BCUT2D eigenvalue weighted by Gasteiger charge is -2.57. The lowest BCUT2D eigenvalue weighted by molar-refractivity contribution is -0.127. The van der Waals surface area contributed by atoms with Crippen molar-refractivity contribution < 1.29 is 17.6 Å². The molecule has 1 saturated carbocycles. The zero-order valence-electron chi connectivity index (χ0n) is 20.8. The molecular weight excluding hydrogens is 438 g/mol. The molecule has 3 fully saturated rings. The highest BCUT2D eigenvalue weighted by Crippen LogP contribution is 2.64. The second-order valence-electron chi connectivity index (χ2n) is 11.1. The van der Waals surface area contributed by atoms with E-state index in [1.807, 2.05) is 19.1 Å². The molecule has 0 radical (unpaired) electrons. The quantitative estimate of drug-likeness (QED) is 0.339. The predicted octanol–water partition coefficient (Wildman–Crippen LogP) is 5.99. The van der Waals surface area contributed by atoms with Crippen molar-refractivity contribution in [2.45, 2.75) is 120 Å². The Labute approximate surface area is 196 Å². The highest BCUT2D eigenvalue weighted by Gasteiger charge is 2.78. The fourth-order valence-corrected chi connectivity index (χ4v) is 14.3. The van der Waals surface area contributed by atoms with Crippen LogP contribution in [0.2, 0.25) is 16.6 Å². The van der Waals surface area contributed by atoms with E-state index in [4.69, 9.17) is 9.16 Å². The Kier molecular flexibility index (Phi) is 6.24. The molecule has 32 heavy (non-hydrogen) atoms. The number of hydrogen-bond acceptors (Lipinski definition) is 4. The van der Waals surface area contributed by atoms with Crippen LogP contribution in [0, 0.1) is 6.92 Å². The number of aryl methyl sites for hydroxylation is 1. The third-order valence-corrected chi connectivity index (χ3v) is 16.5. The minimum absolute atomic E-state index is 0.0602. The van der Waals surface area contributed by atoms with E-state index in [1.165, 1.54) is 0 Å². The first kappa shape index (κ1) is 24.4. The number of nitrogens with zero attached hydrogens (tertiary/aromatic N) is 1. The summed E-state index contributed by atoms with van der Waals surface area (Å²) < 4.78 is 43.3. The van der Waals surface area contributed by atoms with Crippen LogP contribution in [-0.2, 0) is 19.2 Å². The van der Waals surface area contributed by atoms with Gasteiger partial charge < -0.3 is 9.16 Å². The number of rotatable bonds is 8. The van der Waals surface area contributed by atoms with Gasteiger partial charge in [0.25, 0.3) is 0 Å². The van der Waals surface area contributed by atoms with Crippen molar-refractivity contribution in [2.24, 2.45) is 0 Å². The minimum Gasteiger partial charge on any atom is -0.406 e. The maximum absolute atomic E-state index is 13.9. The van der Waals surface area contributed by atoms with Gasteiger partial charge in [-0.3, -0.25) is 0 Å². The lowest BCUT2D eigenvalue weighted by atomic mass is 9.72. The standard InChI is InChI=1S/C25H41NO4SSi/c1-18(2)32(19(3)4,20(5)6)30-24(15-9-16-24)25-23(29-25)10-8-17-26(25)31(27,28)22-13-11-21(7)12-14-22/h11-14,18-20,23H,8-10,15-17H2,1-7H3/t23-,25+/m1/s1. The molecule has 7 heteroatoms. The maximum Gasteiger partial charge on any atom is 0.245 e. The normalized spacial score (nSPS) is 28.1. The third kappa shape index (κ3) is 3.37. The maximum atomic E-state index is 13.9. The Balaban J connectivity index is 1.78. The molecular formula is C25H41NO4SSi. The van der Waals surface area contributed by atoms with E-state index < -0.39 is 29.7 Å². The van der Waals surface area contributed by atoms with Crippen LogP contribution in [0.3, 0.4) is 0 Å². The van der Waals surface area contributed by atoms with Crippen LogP contribution in [0.4, 0.5) is 0 Å². The van der Waals surface area contributed by atoms with E-state index in [0.29, 0.717) is 28.1 Å². The van der Waals surface area contributed by atoms with Crippen molar-refractivity contribution in [3.63, 3.8) is 0 Å². The Morgan fingerprint density at radius 2 is 1.56 bits per heavy atom. The zero-order chi connectivity index (χ0) is 23.5. The second kappa shape index (κ2) is 8.19. The number of hydrogen-bond donors (Lipinski definition) is 0. The predicted molar refractivity (Wildman–Crippen MR) is 131 cm³/mol. The molecule has 5 nitrogen and oxygen atoms in total. The number of benzene rings is 1. The fraction of sp³-hybridized carbons (Fsp3) is 0.760. The van der Waals surface area contributed by atoms with Crippen molar-refractivity contribution in [2.75, 3.05) is 6.54 Å². The van der Waals surface area contributed by atoms with Gasteiger partial charge in [0, 0.05) is 6.54 Å². The van der Waals surface area contributed by atoms with E-state index in [9.17, 15) is 8.42 Å². The van der Waals surface area contributed by atoms with Gasteiger partial charge in [0.05, 0.1) is 4.90 Å². The summed E-state index contributed by atoms with van der Waals surface area (Å²) in [6.45, 7) is 16.2. The van der Waals surface area contributed by atoms with Gasteiger partial charge in [-0.15, -0.1) is 0 Å². The van der Waals surface area contributed by atoms with Gasteiger partial charge in [-0.05, 0) is 67.8 Å². The van der Waals surface area contributed by atoms with Gasteiger partial charge in [0.2, 0.25) is 18.3 Å². The van der Waals surface area contributed by atoms with Crippen LogP contribution in [0.5, 0.6) is 0 Å². The molecule has 4 rings (SSSR count). The molecule has 0 spiro atoms. The number of epoxide rings is 1.